The molecule has 1 saturated heterocycles. The number of ether oxygens (including phenoxy) is 1. The fourth-order valence-corrected chi connectivity index (χ4v) is 3.79. The Labute approximate surface area is 172 Å². The highest BCUT2D eigenvalue weighted by Gasteiger charge is 2.30. The number of likely N-dealkylation sites (tertiary alicyclic amines) is 1. The van der Waals surface area contributed by atoms with Crippen LogP contribution in [0.5, 0.6) is 5.75 Å². The average Bonchev–Trinajstić information content (AvgIpc) is 3.41. The van der Waals surface area contributed by atoms with Crippen LogP contribution in [0.2, 0.25) is 0 Å². The van der Waals surface area contributed by atoms with Crippen molar-refractivity contribution in [2.45, 2.75) is 51.6 Å². The SMILES string of the molecule is Cc1ccc(C)c(C(=O)N2CCCC2COc2ccc(C(=O)NC3CC3)cc2)c1. The van der Waals surface area contributed by atoms with E-state index in [1.807, 2.05) is 49.1 Å². The van der Waals surface area contributed by atoms with Crippen LogP contribution >= 0.6 is 0 Å². The molecule has 2 fully saturated rings. The third-order valence-electron chi connectivity index (χ3n) is 5.73. The molecule has 1 unspecified atom stereocenters. The predicted octanol–water partition coefficient (Wildman–Crippen LogP) is 3.88. The van der Waals surface area contributed by atoms with Gasteiger partial charge in [-0.25, -0.2) is 0 Å². The molecule has 0 bridgehead atoms. The van der Waals surface area contributed by atoms with Crippen LogP contribution in [0.1, 0.15) is 57.5 Å². The Morgan fingerprint density at radius 3 is 2.55 bits per heavy atom. The van der Waals surface area contributed by atoms with Gasteiger partial charge in [-0.2, -0.15) is 0 Å². The lowest BCUT2D eigenvalue weighted by Crippen LogP contribution is -2.39. The molecule has 2 aromatic carbocycles. The van der Waals surface area contributed by atoms with Gasteiger partial charge in [0.2, 0.25) is 0 Å². The van der Waals surface area contributed by atoms with Crippen molar-refractivity contribution in [3.05, 3.63) is 64.7 Å². The molecule has 1 aliphatic carbocycles. The topological polar surface area (TPSA) is 58.6 Å². The quantitative estimate of drug-likeness (QED) is 0.812. The summed E-state index contributed by atoms with van der Waals surface area (Å²) in [6.45, 7) is 5.22. The first-order chi connectivity index (χ1) is 14.0. The third-order valence-corrected chi connectivity index (χ3v) is 5.73. The van der Waals surface area contributed by atoms with Gasteiger partial charge in [-0.15, -0.1) is 0 Å². The second-order valence-electron chi connectivity index (χ2n) is 8.20. The van der Waals surface area contributed by atoms with Gasteiger partial charge in [0.25, 0.3) is 11.8 Å². The van der Waals surface area contributed by atoms with Gasteiger partial charge in [-0.05, 0) is 75.4 Å². The maximum atomic E-state index is 13.1. The van der Waals surface area contributed by atoms with Crippen LogP contribution in [0.4, 0.5) is 0 Å². The molecule has 1 N–H and O–H groups in total. The van der Waals surface area contributed by atoms with Crippen molar-refractivity contribution < 1.29 is 14.3 Å². The van der Waals surface area contributed by atoms with E-state index in [2.05, 4.69) is 5.32 Å². The van der Waals surface area contributed by atoms with Crippen LogP contribution in [0.15, 0.2) is 42.5 Å². The molecule has 2 amide bonds. The van der Waals surface area contributed by atoms with Crippen molar-refractivity contribution in [2.24, 2.45) is 0 Å². The van der Waals surface area contributed by atoms with Crippen LogP contribution < -0.4 is 10.1 Å². The Kier molecular flexibility index (Phi) is 5.56. The molecular weight excluding hydrogens is 364 g/mol. The Hall–Kier alpha value is -2.82. The van der Waals surface area contributed by atoms with E-state index in [1.165, 1.54) is 0 Å². The maximum absolute atomic E-state index is 13.1. The van der Waals surface area contributed by atoms with E-state index in [1.54, 1.807) is 12.1 Å². The van der Waals surface area contributed by atoms with Gasteiger partial charge in [0.1, 0.15) is 12.4 Å². The molecule has 5 heteroatoms. The van der Waals surface area contributed by atoms with Crippen molar-refractivity contribution in [1.82, 2.24) is 10.2 Å². The molecule has 1 saturated carbocycles. The van der Waals surface area contributed by atoms with E-state index in [0.29, 0.717) is 18.2 Å². The second-order valence-corrected chi connectivity index (χ2v) is 8.20. The van der Waals surface area contributed by atoms with Crippen molar-refractivity contribution in [3.8, 4) is 5.75 Å². The largest absolute Gasteiger partial charge is 0.491 e. The first-order valence-corrected chi connectivity index (χ1v) is 10.4. The summed E-state index contributed by atoms with van der Waals surface area (Å²) in [5.41, 5.74) is 3.53. The molecule has 4 rings (SSSR count). The molecule has 0 radical (unpaired) electrons. The zero-order valence-electron chi connectivity index (χ0n) is 17.1. The molecule has 1 aliphatic heterocycles. The first-order valence-electron chi connectivity index (χ1n) is 10.4. The van der Waals surface area contributed by atoms with Crippen molar-refractivity contribution in [2.75, 3.05) is 13.2 Å². The highest BCUT2D eigenvalue weighted by Crippen LogP contribution is 2.24. The number of carbonyl (C=O) groups excluding carboxylic acids is 2. The lowest BCUT2D eigenvalue weighted by molar-refractivity contribution is 0.0690. The highest BCUT2D eigenvalue weighted by atomic mass is 16.5. The van der Waals surface area contributed by atoms with Gasteiger partial charge in [-0.1, -0.05) is 17.7 Å². The standard InChI is InChI=1S/C24H28N2O3/c1-16-5-6-17(2)22(14-16)24(28)26-13-3-4-20(26)15-29-21-11-7-18(8-12-21)23(27)25-19-9-10-19/h5-8,11-12,14,19-20H,3-4,9-10,13,15H2,1-2H3,(H,25,27). The fourth-order valence-electron chi connectivity index (χ4n) is 3.79. The Bertz CT molecular complexity index is 903. The van der Waals surface area contributed by atoms with Crippen molar-refractivity contribution in [1.29, 1.82) is 0 Å². The van der Waals surface area contributed by atoms with E-state index in [4.69, 9.17) is 4.74 Å². The number of hydrogen-bond acceptors (Lipinski definition) is 3. The predicted molar refractivity (Wildman–Crippen MR) is 112 cm³/mol. The van der Waals surface area contributed by atoms with Crippen molar-refractivity contribution in [3.63, 3.8) is 0 Å². The smallest absolute Gasteiger partial charge is 0.254 e. The molecule has 152 valence electrons. The van der Waals surface area contributed by atoms with Crippen LogP contribution in [0, 0.1) is 13.8 Å². The molecule has 29 heavy (non-hydrogen) atoms. The number of amides is 2. The molecular formula is C24H28N2O3. The summed E-state index contributed by atoms with van der Waals surface area (Å²) in [5.74, 6) is 0.781. The van der Waals surface area contributed by atoms with Gasteiger partial charge in [0, 0.05) is 23.7 Å². The van der Waals surface area contributed by atoms with E-state index < -0.39 is 0 Å². The van der Waals surface area contributed by atoms with Crippen LogP contribution in [-0.2, 0) is 0 Å². The van der Waals surface area contributed by atoms with Crippen molar-refractivity contribution >= 4 is 11.8 Å². The number of hydrogen-bond donors (Lipinski definition) is 1. The van der Waals surface area contributed by atoms with Gasteiger partial charge < -0.3 is 15.0 Å². The van der Waals surface area contributed by atoms with Gasteiger partial charge >= 0.3 is 0 Å². The summed E-state index contributed by atoms with van der Waals surface area (Å²) in [6, 6.07) is 13.7. The summed E-state index contributed by atoms with van der Waals surface area (Å²) >= 11 is 0. The highest BCUT2D eigenvalue weighted by molar-refractivity contribution is 5.96. The summed E-state index contributed by atoms with van der Waals surface area (Å²) in [7, 11) is 0. The zero-order valence-corrected chi connectivity index (χ0v) is 17.1. The lowest BCUT2D eigenvalue weighted by Gasteiger charge is -2.25. The number of aryl methyl sites for hydroxylation is 2. The Morgan fingerprint density at radius 1 is 1.07 bits per heavy atom. The Balaban J connectivity index is 1.36. The minimum absolute atomic E-state index is 0.0276. The van der Waals surface area contributed by atoms with Crippen LogP contribution in [0.25, 0.3) is 0 Å². The molecule has 0 spiro atoms. The Morgan fingerprint density at radius 2 is 1.83 bits per heavy atom. The monoisotopic (exact) mass is 392 g/mol. The average molecular weight is 392 g/mol. The summed E-state index contributed by atoms with van der Waals surface area (Å²) in [5, 5.41) is 2.98. The van der Waals surface area contributed by atoms with E-state index in [9.17, 15) is 9.59 Å². The van der Waals surface area contributed by atoms with E-state index >= 15 is 0 Å². The van der Waals surface area contributed by atoms with Gasteiger partial charge in [0.15, 0.2) is 0 Å². The lowest BCUT2D eigenvalue weighted by atomic mass is 10.0. The number of carbonyl (C=O) groups is 2. The second kappa shape index (κ2) is 8.27. The number of benzene rings is 2. The van der Waals surface area contributed by atoms with Crippen LogP contribution in [0.3, 0.4) is 0 Å². The summed E-state index contributed by atoms with van der Waals surface area (Å²) < 4.78 is 5.96. The van der Waals surface area contributed by atoms with E-state index in [0.717, 1.165) is 54.7 Å². The molecule has 2 aromatic rings. The normalized spacial score (nSPS) is 18.6. The maximum Gasteiger partial charge on any atom is 0.254 e. The molecule has 5 nitrogen and oxygen atoms in total. The fraction of sp³-hybridized carbons (Fsp3) is 0.417. The third kappa shape index (κ3) is 4.61. The molecule has 1 heterocycles. The summed E-state index contributed by atoms with van der Waals surface area (Å²) in [4.78, 5) is 27.1. The molecule has 2 aliphatic rings. The minimum atomic E-state index is -0.0276. The van der Waals surface area contributed by atoms with Gasteiger partial charge in [-0.3, -0.25) is 9.59 Å². The van der Waals surface area contributed by atoms with Crippen LogP contribution in [-0.4, -0.2) is 41.9 Å². The van der Waals surface area contributed by atoms with Gasteiger partial charge in [0.05, 0.1) is 6.04 Å². The zero-order chi connectivity index (χ0) is 20.4. The summed E-state index contributed by atoms with van der Waals surface area (Å²) in [6.07, 6.45) is 4.08. The minimum Gasteiger partial charge on any atom is -0.491 e. The number of nitrogens with zero attached hydrogens (tertiary/aromatic N) is 1. The van der Waals surface area contributed by atoms with E-state index in [-0.39, 0.29) is 17.9 Å². The number of nitrogens with one attached hydrogen (secondary N) is 1. The molecule has 0 aromatic heterocycles. The first kappa shape index (κ1) is 19.5. The number of rotatable bonds is 6. The molecule has 1 atom stereocenters.